The van der Waals surface area contributed by atoms with Gasteiger partial charge in [-0.1, -0.05) is 17.7 Å². The van der Waals surface area contributed by atoms with Gasteiger partial charge in [-0.15, -0.1) is 11.3 Å². The van der Waals surface area contributed by atoms with Crippen molar-refractivity contribution < 1.29 is 14.3 Å². The molecule has 2 N–H and O–H groups in total. The number of fused-ring (bicyclic) bond motifs is 1. The van der Waals surface area contributed by atoms with Gasteiger partial charge in [0.05, 0.1) is 30.0 Å². The average molecular weight is 364 g/mol. The Bertz CT molecular complexity index is 926. The van der Waals surface area contributed by atoms with E-state index in [4.69, 9.17) is 26.8 Å². The van der Waals surface area contributed by atoms with Gasteiger partial charge in [0.15, 0.2) is 0 Å². The maximum atomic E-state index is 12.0. The minimum absolute atomic E-state index is 0.0942. The number of benzene rings is 1. The number of anilines is 1. The summed E-state index contributed by atoms with van der Waals surface area (Å²) in [5.74, 6) is 0.249. The molecule has 3 aromatic rings. The first kappa shape index (κ1) is 16.5. The lowest BCUT2D eigenvalue weighted by molar-refractivity contribution is 0.0532. The normalized spacial score (nSPS) is 10.8. The molecule has 0 bridgehead atoms. The summed E-state index contributed by atoms with van der Waals surface area (Å²) in [7, 11) is 1.55. The Morgan fingerprint density at radius 2 is 2.17 bits per heavy atom. The van der Waals surface area contributed by atoms with E-state index in [1.165, 1.54) is 11.3 Å². The molecule has 0 fully saturated rings. The lowest BCUT2D eigenvalue weighted by Gasteiger charge is -2.11. The highest BCUT2D eigenvalue weighted by molar-refractivity contribution is 7.20. The van der Waals surface area contributed by atoms with Crippen LogP contribution in [0.4, 0.5) is 5.95 Å². The second-order valence-electron chi connectivity index (χ2n) is 4.80. The van der Waals surface area contributed by atoms with E-state index in [2.05, 4.69) is 9.97 Å². The molecule has 0 aliphatic carbocycles. The first-order valence-corrected chi connectivity index (χ1v) is 8.31. The summed E-state index contributed by atoms with van der Waals surface area (Å²) in [5.41, 5.74) is 6.96. The molecule has 6 nitrogen and oxygen atoms in total. The molecule has 8 heteroatoms. The number of carbonyl (C=O) groups excluding carboxylic acids is 1. The highest BCUT2D eigenvalue weighted by Gasteiger charge is 2.20. The summed E-state index contributed by atoms with van der Waals surface area (Å²) in [6, 6.07) is 6.99. The van der Waals surface area contributed by atoms with E-state index < -0.39 is 5.97 Å². The number of methoxy groups -OCH3 is 1. The van der Waals surface area contributed by atoms with Crippen LogP contribution in [0, 0.1) is 0 Å². The summed E-state index contributed by atoms with van der Waals surface area (Å²) in [4.78, 5) is 21.5. The van der Waals surface area contributed by atoms with Crippen molar-refractivity contribution in [2.24, 2.45) is 0 Å². The Morgan fingerprint density at radius 1 is 1.38 bits per heavy atom. The molecule has 0 unspecified atom stereocenters. The zero-order valence-corrected chi connectivity index (χ0v) is 14.6. The lowest BCUT2D eigenvalue weighted by Crippen LogP contribution is -2.01. The van der Waals surface area contributed by atoms with Crippen molar-refractivity contribution in [3.05, 3.63) is 34.2 Å². The first-order chi connectivity index (χ1) is 11.5. The fourth-order valence-corrected chi connectivity index (χ4v) is 3.52. The van der Waals surface area contributed by atoms with Gasteiger partial charge in [0.2, 0.25) is 5.95 Å². The number of thiophene rings is 1. The van der Waals surface area contributed by atoms with E-state index in [9.17, 15) is 4.79 Å². The van der Waals surface area contributed by atoms with E-state index in [-0.39, 0.29) is 5.95 Å². The largest absolute Gasteiger partial charge is 0.496 e. The van der Waals surface area contributed by atoms with Crippen molar-refractivity contribution in [3.8, 4) is 17.0 Å². The van der Waals surface area contributed by atoms with Crippen molar-refractivity contribution in [3.63, 3.8) is 0 Å². The quantitative estimate of drug-likeness (QED) is 0.710. The molecule has 24 heavy (non-hydrogen) atoms. The van der Waals surface area contributed by atoms with E-state index in [1.54, 1.807) is 38.3 Å². The number of ether oxygens (including phenoxy) is 2. The minimum atomic E-state index is -0.406. The van der Waals surface area contributed by atoms with Gasteiger partial charge in [0, 0.05) is 5.39 Å². The predicted molar refractivity (Wildman–Crippen MR) is 94.8 cm³/mol. The first-order valence-electron chi connectivity index (χ1n) is 7.12. The number of nitrogen functional groups attached to an aromatic ring is 1. The number of carbonyl (C=O) groups is 1. The third kappa shape index (κ3) is 2.88. The zero-order chi connectivity index (χ0) is 17.3. The van der Waals surface area contributed by atoms with Crippen LogP contribution in [-0.2, 0) is 4.74 Å². The number of hydrogen-bond donors (Lipinski definition) is 1. The molecule has 0 aliphatic rings. The average Bonchev–Trinajstić information content (AvgIpc) is 2.98. The fourth-order valence-electron chi connectivity index (χ4n) is 2.34. The maximum absolute atomic E-state index is 12.0. The molecule has 2 heterocycles. The predicted octanol–water partition coefficient (Wildman–Crippen LogP) is 3.78. The van der Waals surface area contributed by atoms with E-state index in [1.807, 2.05) is 0 Å². The van der Waals surface area contributed by atoms with Gasteiger partial charge in [0.1, 0.15) is 15.5 Å². The molecule has 0 spiro atoms. The van der Waals surface area contributed by atoms with Crippen LogP contribution in [0.15, 0.2) is 24.3 Å². The summed E-state index contributed by atoms with van der Waals surface area (Å²) in [6.07, 6.45) is 0. The molecular weight excluding hydrogens is 350 g/mol. The highest BCUT2D eigenvalue weighted by Crippen LogP contribution is 2.40. The van der Waals surface area contributed by atoms with Crippen LogP contribution in [-0.4, -0.2) is 29.7 Å². The van der Waals surface area contributed by atoms with Gasteiger partial charge in [-0.2, -0.15) is 0 Å². The van der Waals surface area contributed by atoms with Crippen LogP contribution < -0.4 is 10.5 Å². The molecule has 1 aromatic carbocycles. The van der Waals surface area contributed by atoms with Crippen molar-refractivity contribution in [1.82, 2.24) is 9.97 Å². The third-order valence-corrected chi connectivity index (χ3v) is 4.64. The SMILES string of the molecule is CCOC(=O)c1cc2c(-c3c(Cl)cccc3OC)nc(N)nc2s1. The molecule has 0 radical (unpaired) electrons. The minimum Gasteiger partial charge on any atom is -0.496 e. The van der Waals surface area contributed by atoms with Crippen LogP contribution in [0.2, 0.25) is 5.02 Å². The monoisotopic (exact) mass is 363 g/mol. The second-order valence-corrected chi connectivity index (χ2v) is 6.24. The number of aromatic nitrogens is 2. The summed E-state index contributed by atoms with van der Waals surface area (Å²) in [5, 5.41) is 1.14. The number of nitrogens with two attached hydrogens (primary N) is 1. The summed E-state index contributed by atoms with van der Waals surface area (Å²) >= 11 is 7.54. The van der Waals surface area contributed by atoms with Crippen LogP contribution >= 0.6 is 22.9 Å². The Labute approximate surface area is 147 Å². The van der Waals surface area contributed by atoms with E-state index in [0.717, 1.165) is 0 Å². The number of esters is 1. The lowest BCUT2D eigenvalue weighted by atomic mass is 10.1. The van der Waals surface area contributed by atoms with Crippen molar-refractivity contribution in [2.75, 3.05) is 19.5 Å². The van der Waals surface area contributed by atoms with E-state index in [0.29, 0.717) is 43.7 Å². The van der Waals surface area contributed by atoms with Gasteiger partial charge < -0.3 is 15.2 Å². The molecule has 0 saturated carbocycles. The topological polar surface area (TPSA) is 87.3 Å². The molecule has 0 saturated heterocycles. The molecule has 2 aromatic heterocycles. The number of nitrogens with zero attached hydrogens (tertiary/aromatic N) is 2. The smallest absolute Gasteiger partial charge is 0.348 e. The van der Waals surface area contributed by atoms with Gasteiger partial charge in [-0.05, 0) is 25.1 Å². The summed E-state index contributed by atoms with van der Waals surface area (Å²) in [6.45, 7) is 2.05. The molecular formula is C16H14ClN3O3S. The van der Waals surface area contributed by atoms with E-state index >= 15 is 0 Å². The Morgan fingerprint density at radius 3 is 2.88 bits per heavy atom. The molecule has 124 valence electrons. The van der Waals surface area contributed by atoms with Gasteiger partial charge in [0.25, 0.3) is 0 Å². The molecule has 3 rings (SSSR count). The Kier molecular flexibility index (Phi) is 4.55. The van der Waals surface area contributed by atoms with Crippen LogP contribution in [0.1, 0.15) is 16.6 Å². The van der Waals surface area contributed by atoms with Crippen molar-refractivity contribution in [2.45, 2.75) is 6.92 Å². The van der Waals surface area contributed by atoms with Crippen LogP contribution in [0.25, 0.3) is 21.5 Å². The number of rotatable bonds is 4. The van der Waals surface area contributed by atoms with Crippen molar-refractivity contribution in [1.29, 1.82) is 0 Å². The third-order valence-electron chi connectivity index (χ3n) is 3.32. The zero-order valence-electron chi connectivity index (χ0n) is 13.0. The standard InChI is InChI=1S/C16H14ClN3O3S/c1-3-23-15(21)11-7-8-13(19-16(18)20-14(8)24-11)12-9(17)5-4-6-10(12)22-2/h4-7H,3H2,1-2H3,(H2,18,19,20). The van der Waals surface area contributed by atoms with Crippen LogP contribution in [0.5, 0.6) is 5.75 Å². The Balaban J connectivity index is 2.27. The summed E-state index contributed by atoms with van der Waals surface area (Å²) < 4.78 is 10.4. The molecule has 0 atom stereocenters. The molecule has 0 aliphatic heterocycles. The second kappa shape index (κ2) is 6.62. The maximum Gasteiger partial charge on any atom is 0.348 e. The Hall–Kier alpha value is -2.38. The van der Waals surface area contributed by atoms with Gasteiger partial charge in [-0.3, -0.25) is 0 Å². The molecule has 0 amide bonds. The number of halogens is 1. The van der Waals surface area contributed by atoms with Crippen LogP contribution in [0.3, 0.4) is 0 Å². The number of hydrogen-bond acceptors (Lipinski definition) is 7. The van der Waals surface area contributed by atoms with Gasteiger partial charge in [-0.25, -0.2) is 14.8 Å². The van der Waals surface area contributed by atoms with Crippen molar-refractivity contribution >= 4 is 45.1 Å². The highest BCUT2D eigenvalue weighted by atomic mass is 35.5. The fraction of sp³-hybridized carbons (Fsp3) is 0.188. The van der Waals surface area contributed by atoms with Gasteiger partial charge >= 0.3 is 5.97 Å².